The summed E-state index contributed by atoms with van der Waals surface area (Å²) in [6.45, 7) is 8.11. The molecule has 2 aromatic carbocycles. The summed E-state index contributed by atoms with van der Waals surface area (Å²) >= 11 is 7.71. The van der Waals surface area contributed by atoms with Crippen LogP contribution in [0.15, 0.2) is 57.5 Å². The van der Waals surface area contributed by atoms with E-state index in [0.29, 0.717) is 48.6 Å². The first-order valence-corrected chi connectivity index (χ1v) is 12.9. The Morgan fingerprint density at radius 3 is 2.61 bits per heavy atom. The van der Waals surface area contributed by atoms with Crippen LogP contribution in [0.5, 0.6) is 11.5 Å². The summed E-state index contributed by atoms with van der Waals surface area (Å²) in [6, 6.07) is 10.7. The van der Waals surface area contributed by atoms with Gasteiger partial charge in [0.05, 0.1) is 33.5 Å². The van der Waals surface area contributed by atoms with Crippen LogP contribution in [-0.2, 0) is 9.53 Å². The molecule has 0 bridgehead atoms. The number of thiazole rings is 1. The molecule has 0 saturated heterocycles. The van der Waals surface area contributed by atoms with Gasteiger partial charge in [-0.1, -0.05) is 61.1 Å². The third kappa shape index (κ3) is 4.24. The first-order valence-electron chi connectivity index (χ1n) is 11.7. The van der Waals surface area contributed by atoms with Crippen molar-refractivity contribution in [3.8, 4) is 11.5 Å². The molecule has 1 aromatic heterocycles. The Morgan fingerprint density at radius 1 is 1.25 bits per heavy atom. The fourth-order valence-corrected chi connectivity index (χ4v) is 5.60. The van der Waals surface area contributed by atoms with Crippen molar-refractivity contribution in [1.29, 1.82) is 0 Å². The molecule has 36 heavy (non-hydrogen) atoms. The number of aromatic nitrogens is 1. The molecule has 5 rings (SSSR count). The van der Waals surface area contributed by atoms with E-state index in [1.54, 1.807) is 36.6 Å². The molecule has 2 aliphatic rings. The summed E-state index contributed by atoms with van der Waals surface area (Å²) in [5, 5.41) is 0.439. The molecule has 9 heteroatoms. The maximum absolute atomic E-state index is 13.8. The van der Waals surface area contributed by atoms with Crippen LogP contribution in [0.25, 0.3) is 6.08 Å². The molecule has 3 aromatic rings. The number of ether oxygens (including phenoxy) is 3. The maximum atomic E-state index is 13.8. The average Bonchev–Trinajstić information content (AvgIpc) is 3.42. The van der Waals surface area contributed by atoms with Crippen molar-refractivity contribution in [3.63, 3.8) is 0 Å². The van der Waals surface area contributed by atoms with Crippen molar-refractivity contribution < 1.29 is 19.0 Å². The normalized spacial score (nSPS) is 16.8. The third-order valence-corrected chi connectivity index (χ3v) is 7.52. The number of rotatable bonds is 5. The van der Waals surface area contributed by atoms with Crippen LogP contribution in [0.3, 0.4) is 0 Å². The summed E-state index contributed by atoms with van der Waals surface area (Å²) in [5.41, 5.74) is 3.23. The molecule has 3 heterocycles. The molecule has 2 aliphatic heterocycles. The highest BCUT2D eigenvalue weighted by Gasteiger charge is 2.33. The standard InChI is InChI=1S/C27H25ClN2O5S/c1-5-33-26(32)23-15(4)29-27-30(24(23)17-8-6-16(7-9-17)14(2)3)25(31)22(36-27)11-18-10-20-21(12-19(18)28)35-13-34-20/h6-12,14,24H,5,13H2,1-4H3/b22-11-/t24-/m0/s1. The number of nitrogens with zero attached hydrogens (tertiary/aromatic N) is 2. The zero-order valence-electron chi connectivity index (χ0n) is 20.3. The van der Waals surface area contributed by atoms with Crippen LogP contribution in [0.4, 0.5) is 0 Å². The molecule has 0 N–H and O–H groups in total. The lowest BCUT2D eigenvalue weighted by Crippen LogP contribution is -2.39. The van der Waals surface area contributed by atoms with Crippen molar-refractivity contribution >= 4 is 35.0 Å². The molecule has 0 unspecified atom stereocenters. The lowest BCUT2D eigenvalue weighted by atomic mass is 9.93. The molecular formula is C27H25ClN2O5S. The van der Waals surface area contributed by atoms with Crippen molar-refractivity contribution in [2.45, 2.75) is 39.7 Å². The summed E-state index contributed by atoms with van der Waals surface area (Å²) in [6.07, 6.45) is 1.72. The number of hydrogen-bond acceptors (Lipinski definition) is 7. The number of allylic oxidation sites excluding steroid dienone is 1. The van der Waals surface area contributed by atoms with Crippen LogP contribution >= 0.6 is 22.9 Å². The topological polar surface area (TPSA) is 79.1 Å². The van der Waals surface area contributed by atoms with Crippen molar-refractivity contribution in [2.75, 3.05) is 13.4 Å². The highest BCUT2D eigenvalue weighted by atomic mass is 35.5. The van der Waals surface area contributed by atoms with E-state index in [-0.39, 0.29) is 19.0 Å². The number of benzene rings is 2. The minimum Gasteiger partial charge on any atom is -0.463 e. The molecule has 0 aliphatic carbocycles. The second kappa shape index (κ2) is 9.59. The van der Waals surface area contributed by atoms with E-state index in [0.717, 1.165) is 5.56 Å². The Hall–Kier alpha value is -3.36. The van der Waals surface area contributed by atoms with E-state index in [1.807, 2.05) is 24.3 Å². The molecule has 1 atom stereocenters. The fraction of sp³-hybridized carbons (Fsp3) is 0.296. The number of carbonyl (C=O) groups is 1. The van der Waals surface area contributed by atoms with E-state index in [1.165, 1.54) is 16.9 Å². The predicted octanol–water partition coefficient (Wildman–Crippen LogP) is 4.30. The van der Waals surface area contributed by atoms with Gasteiger partial charge in [-0.05, 0) is 48.6 Å². The highest BCUT2D eigenvalue weighted by molar-refractivity contribution is 7.07. The van der Waals surface area contributed by atoms with Gasteiger partial charge in [-0.3, -0.25) is 9.36 Å². The monoisotopic (exact) mass is 524 g/mol. The average molecular weight is 525 g/mol. The third-order valence-electron chi connectivity index (χ3n) is 6.21. The van der Waals surface area contributed by atoms with E-state index < -0.39 is 12.0 Å². The zero-order valence-corrected chi connectivity index (χ0v) is 21.9. The van der Waals surface area contributed by atoms with E-state index in [9.17, 15) is 9.59 Å². The van der Waals surface area contributed by atoms with Gasteiger partial charge in [0.1, 0.15) is 0 Å². The molecular weight excluding hydrogens is 500 g/mol. The molecule has 0 saturated carbocycles. The SMILES string of the molecule is CCOC(=O)C1=C(C)N=c2s/c(=C\c3cc4c(cc3Cl)OCO4)c(=O)n2[C@H]1c1ccc(C(C)C)cc1. The zero-order chi connectivity index (χ0) is 25.6. The summed E-state index contributed by atoms with van der Waals surface area (Å²) in [4.78, 5) is 31.9. The van der Waals surface area contributed by atoms with Gasteiger partial charge in [-0.15, -0.1) is 0 Å². The lowest BCUT2D eigenvalue weighted by Gasteiger charge is -2.25. The van der Waals surface area contributed by atoms with Gasteiger partial charge in [0.15, 0.2) is 16.3 Å². The molecule has 0 radical (unpaired) electrons. The van der Waals surface area contributed by atoms with Crippen LogP contribution in [0.1, 0.15) is 56.3 Å². The number of esters is 1. The largest absolute Gasteiger partial charge is 0.463 e. The highest BCUT2D eigenvalue weighted by Crippen LogP contribution is 2.37. The number of carbonyl (C=O) groups excluding carboxylic acids is 1. The van der Waals surface area contributed by atoms with Crippen LogP contribution in [0.2, 0.25) is 5.02 Å². The molecule has 7 nitrogen and oxygen atoms in total. The summed E-state index contributed by atoms with van der Waals surface area (Å²) < 4.78 is 18.2. The van der Waals surface area contributed by atoms with Crippen molar-refractivity contribution in [3.05, 3.63) is 89.1 Å². The Balaban J connectivity index is 1.69. The Bertz CT molecular complexity index is 1570. The quantitative estimate of drug-likeness (QED) is 0.465. The van der Waals surface area contributed by atoms with Gasteiger partial charge < -0.3 is 14.2 Å². The summed E-state index contributed by atoms with van der Waals surface area (Å²) in [7, 11) is 0. The fourth-order valence-electron chi connectivity index (χ4n) is 4.35. The molecule has 0 fully saturated rings. The minimum absolute atomic E-state index is 0.128. The van der Waals surface area contributed by atoms with E-state index >= 15 is 0 Å². The first kappa shape index (κ1) is 24.3. The van der Waals surface area contributed by atoms with E-state index in [2.05, 4.69) is 18.8 Å². The van der Waals surface area contributed by atoms with Crippen LogP contribution in [0, 0.1) is 0 Å². The van der Waals surface area contributed by atoms with Gasteiger partial charge in [0.25, 0.3) is 5.56 Å². The smallest absolute Gasteiger partial charge is 0.338 e. The van der Waals surface area contributed by atoms with Gasteiger partial charge >= 0.3 is 5.97 Å². The Labute approximate surface area is 216 Å². The number of halogens is 1. The second-order valence-electron chi connectivity index (χ2n) is 8.85. The van der Waals surface area contributed by atoms with Gasteiger partial charge in [0.2, 0.25) is 6.79 Å². The summed E-state index contributed by atoms with van der Waals surface area (Å²) in [5.74, 6) is 1.01. The Kier molecular flexibility index (Phi) is 6.49. The van der Waals surface area contributed by atoms with Gasteiger partial charge in [-0.25, -0.2) is 9.79 Å². The number of hydrogen-bond donors (Lipinski definition) is 0. The van der Waals surface area contributed by atoms with Gasteiger partial charge in [-0.2, -0.15) is 0 Å². The number of fused-ring (bicyclic) bond motifs is 2. The predicted molar refractivity (Wildman–Crippen MR) is 139 cm³/mol. The van der Waals surface area contributed by atoms with Crippen molar-refractivity contribution in [1.82, 2.24) is 4.57 Å². The minimum atomic E-state index is -0.657. The lowest BCUT2D eigenvalue weighted by molar-refractivity contribution is -0.139. The molecule has 0 spiro atoms. The Morgan fingerprint density at radius 2 is 1.94 bits per heavy atom. The first-order chi connectivity index (χ1) is 17.3. The van der Waals surface area contributed by atoms with Crippen molar-refractivity contribution in [2.24, 2.45) is 4.99 Å². The second-order valence-corrected chi connectivity index (χ2v) is 10.3. The van der Waals surface area contributed by atoms with E-state index in [4.69, 9.17) is 25.8 Å². The molecule has 0 amide bonds. The maximum Gasteiger partial charge on any atom is 0.338 e. The van der Waals surface area contributed by atoms with Crippen LogP contribution < -0.4 is 24.4 Å². The van der Waals surface area contributed by atoms with Crippen LogP contribution in [-0.4, -0.2) is 23.9 Å². The van der Waals surface area contributed by atoms with Gasteiger partial charge in [0, 0.05) is 6.07 Å². The molecule has 186 valence electrons.